The fourth-order valence-electron chi connectivity index (χ4n) is 4.32. The summed E-state index contributed by atoms with van der Waals surface area (Å²) in [6.07, 6.45) is 1.54. The van der Waals surface area contributed by atoms with Gasteiger partial charge in [-0.05, 0) is 57.5 Å². The Kier molecular flexibility index (Phi) is 7.58. The fraction of sp³-hybridized carbons (Fsp3) is 0.357. The normalized spacial score (nSPS) is 15.1. The number of carbonyl (C=O) groups is 2. The number of nitrogens with zero attached hydrogens (tertiary/aromatic N) is 5. The van der Waals surface area contributed by atoms with E-state index in [4.69, 9.17) is 14.7 Å². The Morgan fingerprint density at radius 3 is 2.51 bits per heavy atom. The van der Waals surface area contributed by atoms with Crippen molar-refractivity contribution in [2.24, 2.45) is 0 Å². The number of imidazole rings is 1. The van der Waals surface area contributed by atoms with Crippen molar-refractivity contribution in [1.29, 1.82) is 5.26 Å². The van der Waals surface area contributed by atoms with Crippen molar-refractivity contribution in [3.63, 3.8) is 0 Å². The van der Waals surface area contributed by atoms with E-state index in [0.29, 0.717) is 24.2 Å². The smallest absolute Gasteiger partial charge is 0.410 e. The summed E-state index contributed by atoms with van der Waals surface area (Å²) < 4.78 is 41.0. The summed E-state index contributed by atoms with van der Waals surface area (Å²) in [5.74, 6) is -1.53. The van der Waals surface area contributed by atoms with E-state index in [1.807, 2.05) is 0 Å². The maximum Gasteiger partial charge on any atom is 0.410 e. The molecule has 2 amide bonds. The molecule has 1 saturated heterocycles. The maximum atomic E-state index is 14.6. The van der Waals surface area contributed by atoms with Gasteiger partial charge in [-0.25, -0.2) is 18.6 Å². The monoisotopic (exact) mass is 537 g/mol. The number of hydrogen-bond donors (Lipinski definition) is 0. The van der Waals surface area contributed by atoms with Crippen LogP contribution in [0.5, 0.6) is 5.75 Å². The van der Waals surface area contributed by atoms with Crippen LogP contribution in [0.2, 0.25) is 0 Å². The predicted molar refractivity (Wildman–Crippen MR) is 138 cm³/mol. The highest BCUT2D eigenvalue weighted by atomic mass is 19.1. The second-order valence-electron chi connectivity index (χ2n) is 10.2. The first-order valence-corrected chi connectivity index (χ1v) is 12.3. The lowest BCUT2D eigenvalue weighted by Crippen LogP contribution is -2.42. The Balaban J connectivity index is 1.66. The maximum absolute atomic E-state index is 14.6. The molecule has 1 aliphatic heterocycles. The van der Waals surface area contributed by atoms with Crippen molar-refractivity contribution in [1.82, 2.24) is 19.4 Å². The number of likely N-dealkylation sites (N-methyl/N-ethyl adjacent to an activating group) is 1. The van der Waals surface area contributed by atoms with Gasteiger partial charge in [0.05, 0.1) is 24.4 Å². The van der Waals surface area contributed by atoms with E-state index in [1.165, 1.54) is 47.0 Å². The molecule has 0 bridgehead atoms. The van der Waals surface area contributed by atoms with Crippen molar-refractivity contribution in [2.45, 2.75) is 38.8 Å². The van der Waals surface area contributed by atoms with Crippen molar-refractivity contribution in [2.75, 3.05) is 27.2 Å². The number of hydrogen-bond acceptors (Lipinski definition) is 6. The van der Waals surface area contributed by atoms with Crippen LogP contribution in [-0.2, 0) is 4.74 Å². The number of methoxy groups -OCH3 is 1. The minimum absolute atomic E-state index is 0.0401. The molecule has 1 fully saturated rings. The average Bonchev–Trinajstić information content (AvgIpc) is 3.55. The molecule has 2 heterocycles. The fourth-order valence-corrected chi connectivity index (χ4v) is 4.32. The Morgan fingerprint density at radius 2 is 1.90 bits per heavy atom. The first-order chi connectivity index (χ1) is 18.4. The van der Waals surface area contributed by atoms with Crippen LogP contribution in [0.25, 0.3) is 17.1 Å². The van der Waals surface area contributed by atoms with Gasteiger partial charge >= 0.3 is 6.09 Å². The first-order valence-electron chi connectivity index (χ1n) is 12.3. The van der Waals surface area contributed by atoms with Gasteiger partial charge in [0.2, 0.25) is 0 Å². The summed E-state index contributed by atoms with van der Waals surface area (Å²) >= 11 is 0. The lowest BCUT2D eigenvalue weighted by Gasteiger charge is -2.28. The molecule has 39 heavy (non-hydrogen) atoms. The Labute approximate surface area is 225 Å². The Hall–Kier alpha value is -4.46. The zero-order valence-corrected chi connectivity index (χ0v) is 22.4. The highest BCUT2D eigenvalue weighted by Gasteiger charge is 2.34. The molecule has 1 atom stereocenters. The zero-order valence-electron chi connectivity index (χ0n) is 22.4. The van der Waals surface area contributed by atoms with Gasteiger partial charge in [-0.3, -0.25) is 9.36 Å². The van der Waals surface area contributed by atoms with Gasteiger partial charge in [0, 0.05) is 38.0 Å². The Morgan fingerprint density at radius 1 is 1.15 bits per heavy atom. The van der Waals surface area contributed by atoms with Crippen LogP contribution in [0.3, 0.4) is 0 Å². The standard InChI is InChI=1S/C28H29F2N5O4/c1-28(2,3)39-27(37)33(4)20-10-11-34(15-20)26(36)23-16-35(19-8-9-24(38-5)22(30)13-19)25(32-23)17-6-7-18(14-31)21(29)12-17/h6-9,12-13,16,20H,10-11,15H2,1-5H3/t20-/m0/s1. The average molecular weight is 538 g/mol. The quantitative estimate of drug-likeness (QED) is 0.465. The van der Waals surface area contributed by atoms with Gasteiger partial charge in [0.25, 0.3) is 5.91 Å². The van der Waals surface area contributed by atoms with Gasteiger partial charge < -0.3 is 19.3 Å². The van der Waals surface area contributed by atoms with E-state index in [1.54, 1.807) is 44.9 Å². The highest BCUT2D eigenvalue weighted by Crippen LogP contribution is 2.28. The minimum Gasteiger partial charge on any atom is -0.494 e. The highest BCUT2D eigenvalue weighted by molar-refractivity contribution is 5.93. The molecule has 2 aromatic carbocycles. The van der Waals surface area contributed by atoms with Crippen LogP contribution in [0, 0.1) is 23.0 Å². The lowest BCUT2D eigenvalue weighted by molar-refractivity contribution is 0.0226. The van der Waals surface area contributed by atoms with Crippen LogP contribution in [0.15, 0.2) is 42.6 Å². The molecular formula is C28H29F2N5O4. The van der Waals surface area contributed by atoms with E-state index in [-0.39, 0.29) is 35.4 Å². The summed E-state index contributed by atoms with van der Waals surface area (Å²) in [6.45, 7) is 6.02. The minimum atomic E-state index is -0.745. The van der Waals surface area contributed by atoms with Gasteiger partial charge in [0.1, 0.15) is 29.0 Å². The summed E-state index contributed by atoms with van der Waals surface area (Å²) in [7, 11) is 2.98. The number of carbonyl (C=O) groups excluding carboxylic acids is 2. The number of nitriles is 1. The molecule has 4 rings (SSSR count). The second kappa shape index (κ2) is 10.7. The third-order valence-electron chi connectivity index (χ3n) is 6.37. The van der Waals surface area contributed by atoms with Crippen LogP contribution >= 0.6 is 0 Å². The number of ether oxygens (including phenoxy) is 2. The summed E-state index contributed by atoms with van der Waals surface area (Å²) in [4.78, 5) is 33.5. The number of halogens is 2. The van der Waals surface area contributed by atoms with Gasteiger partial charge in [-0.1, -0.05) is 0 Å². The summed E-state index contributed by atoms with van der Waals surface area (Å²) in [6, 6.07) is 9.75. The molecule has 0 saturated carbocycles. The topological polar surface area (TPSA) is 101 Å². The Bertz CT molecular complexity index is 1460. The van der Waals surface area contributed by atoms with Gasteiger partial charge in [-0.2, -0.15) is 5.26 Å². The van der Waals surface area contributed by atoms with E-state index >= 15 is 0 Å². The predicted octanol–water partition coefficient (Wildman–Crippen LogP) is 4.78. The molecule has 0 unspecified atom stereocenters. The first kappa shape index (κ1) is 27.6. The van der Waals surface area contributed by atoms with Crippen molar-refractivity contribution >= 4 is 12.0 Å². The molecule has 204 valence electrons. The molecule has 1 aliphatic rings. The molecule has 0 radical (unpaired) electrons. The molecular weight excluding hydrogens is 508 g/mol. The van der Waals surface area contributed by atoms with E-state index < -0.39 is 29.2 Å². The summed E-state index contributed by atoms with van der Waals surface area (Å²) in [5.41, 5.74) is -0.0871. The van der Waals surface area contributed by atoms with Gasteiger partial charge in [0.15, 0.2) is 11.6 Å². The molecule has 0 aliphatic carbocycles. The van der Waals surface area contributed by atoms with Crippen LogP contribution in [-0.4, -0.2) is 70.2 Å². The van der Waals surface area contributed by atoms with E-state index in [2.05, 4.69) is 4.98 Å². The molecule has 9 nitrogen and oxygen atoms in total. The van der Waals surface area contributed by atoms with E-state index in [9.17, 15) is 18.4 Å². The number of amides is 2. The summed E-state index contributed by atoms with van der Waals surface area (Å²) in [5, 5.41) is 9.09. The third kappa shape index (κ3) is 5.85. The number of benzene rings is 2. The molecule has 1 aromatic heterocycles. The largest absolute Gasteiger partial charge is 0.494 e. The number of likely N-dealkylation sites (tertiary alicyclic amines) is 1. The molecule has 0 N–H and O–H groups in total. The van der Waals surface area contributed by atoms with Gasteiger partial charge in [-0.15, -0.1) is 0 Å². The second-order valence-corrected chi connectivity index (χ2v) is 10.2. The van der Waals surface area contributed by atoms with Crippen molar-refractivity contribution in [3.05, 3.63) is 65.5 Å². The molecule has 3 aromatic rings. The van der Waals surface area contributed by atoms with Crippen molar-refractivity contribution in [3.8, 4) is 28.9 Å². The van der Waals surface area contributed by atoms with E-state index in [0.717, 1.165) is 6.07 Å². The van der Waals surface area contributed by atoms with Crippen LogP contribution < -0.4 is 4.74 Å². The van der Waals surface area contributed by atoms with Crippen LogP contribution in [0.1, 0.15) is 43.2 Å². The molecule has 11 heteroatoms. The third-order valence-corrected chi connectivity index (χ3v) is 6.37. The zero-order chi connectivity index (χ0) is 28.5. The number of rotatable bonds is 5. The van der Waals surface area contributed by atoms with Crippen molar-refractivity contribution < 1.29 is 27.8 Å². The number of aromatic nitrogens is 2. The SMILES string of the molecule is COc1ccc(-n2cc(C(=O)N3CC[C@H](N(C)C(=O)OC(C)(C)C)C3)nc2-c2ccc(C#N)c(F)c2)cc1F. The molecule has 0 spiro atoms. The lowest BCUT2D eigenvalue weighted by atomic mass is 10.1. The van der Waals surface area contributed by atoms with Crippen LogP contribution in [0.4, 0.5) is 13.6 Å².